The Morgan fingerprint density at radius 1 is 1.37 bits per heavy atom. The smallest absolute Gasteiger partial charge is 0.321 e. The van der Waals surface area contributed by atoms with Gasteiger partial charge in [0, 0.05) is 17.6 Å². The molecule has 7 heteroatoms. The van der Waals surface area contributed by atoms with Crippen molar-refractivity contribution in [3.8, 4) is 0 Å². The highest BCUT2D eigenvalue weighted by Gasteiger charge is 2.23. The third-order valence-electron chi connectivity index (χ3n) is 2.63. The van der Waals surface area contributed by atoms with Crippen molar-refractivity contribution in [3.63, 3.8) is 0 Å². The van der Waals surface area contributed by atoms with Gasteiger partial charge in [0.1, 0.15) is 5.25 Å². The van der Waals surface area contributed by atoms with Gasteiger partial charge in [0.2, 0.25) is 5.91 Å². The first-order valence-electron chi connectivity index (χ1n) is 5.66. The van der Waals surface area contributed by atoms with E-state index in [0.29, 0.717) is 10.6 Å². The second kappa shape index (κ2) is 6.33. The zero-order valence-corrected chi connectivity index (χ0v) is 11.8. The van der Waals surface area contributed by atoms with Crippen molar-refractivity contribution in [1.29, 1.82) is 0 Å². The lowest BCUT2D eigenvalue weighted by molar-refractivity contribution is -0.119. The molecule has 3 amide bonds. The fraction of sp³-hybridized carbons (Fsp3) is 0.333. The summed E-state index contributed by atoms with van der Waals surface area (Å²) in [5.41, 5.74) is 7.07. The van der Waals surface area contributed by atoms with Gasteiger partial charge in [-0.15, -0.1) is 0 Å². The lowest BCUT2D eigenvalue weighted by Gasteiger charge is -2.12. The van der Waals surface area contributed by atoms with Crippen LogP contribution in [0.5, 0.6) is 0 Å². The molecule has 0 saturated heterocycles. The lowest BCUT2D eigenvalue weighted by Crippen LogP contribution is -2.43. The first kappa shape index (κ1) is 15.2. The monoisotopic (exact) mass is 283 g/mol. The van der Waals surface area contributed by atoms with E-state index in [-0.39, 0.29) is 0 Å². The number of imide groups is 1. The Balaban J connectivity index is 2.84. The van der Waals surface area contributed by atoms with Crippen molar-refractivity contribution in [3.05, 3.63) is 23.8 Å². The quantitative estimate of drug-likeness (QED) is 0.704. The van der Waals surface area contributed by atoms with Gasteiger partial charge in [-0.05, 0) is 37.6 Å². The van der Waals surface area contributed by atoms with E-state index in [1.807, 2.05) is 0 Å². The van der Waals surface area contributed by atoms with E-state index in [0.717, 1.165) is 5.56 Å². The highest BCUT2D eigenvalue weighted by atomic mass is 32.2. The maximum absolute atomic E-state index is 12.2. The second-order valence-electron chi connectivity index (χ2n) is 4.03. The number of hydrogen-bond acceptors (Lipinski definition) is 4. The number of carbonyl (C=O) groups excluding carboxylic acids is 2. The van der Waals surface area contributed by atoms with Crippen LogP contribution in [0.2, 0.25) is 0 Å². The van der Waals surface area contributed by atoms with E-state index in [9.17, 15) is 13.8 Å². The number of urea groups is 1. The summed E-state index contributed by atoms with van der Waals surface area (Å²) in [6, 6.07) is 4.31. The average Bonchev–Trinajstić information content (AvgIpc) is 2.39. The van der Waals surface area contributed by atoms with Gasteiger partial charge in [-0.3, -0.25) is 14.3 Å². The van der Waals surface area contributed by atoms with Crippen molar-refractivity contribution in [2.75, 3.05) is 12.8 Å². The second-order valence-corrected chi connectivity index (χ2v) is 5.80. The Morgan fingerprint density at radius 3 is 2.53 bits per heavy atom. The maximum Gasteiger partial charge on any atom is 0.321 e. The third-order valence-corrected chi connectivity index (χ3v) is 4.20. The van der Waals surface area contributed by atoms with Gasteiger partial charge in [-0.1, -0.05) is 0 Å². The van der Waals surface area contributed by atoms with Crippen molar-refractivity contribution < 1.29 is 13.8 Å². The first-order valence-corrected chi connectivity index (χ1v) is 6.87. The molecule has 0 spiro atoms. The minimum absolute atomic E-state index is 0.506. The molecular weight excluding hydrogens is 266 g/mol. The number of rotatable bonds is 3. The minimum Gasteiger partial charge on any atom is -0.399 e. The van der Waals surface area contributed by atoms with Crippen LogP contribution in [-0.4, -0.2) is 28.4 Å². The van der Waals surface area contributed by atoms with Crippen molar-refractivity contribution in [1.82, 2.24) is 10.6 Å². The molecule has 0 bridgehead atoms. The molecule has 0 aliphatic heterocycles. The van der Waals surface area contributed by atoms with E-state index in [1.165, 1.54) is 14.0 Å². The van der Waals surface area contributed by atoms with Crippen LogP contribution in [0, 0.1) is 6.92 Å². The highest BCUT2D eigenvalue weighted by molar-refractivity contribution is 7.86. The summed E-state index contributed by atoms with van der Waals surface area (Å²) in [4.78, 5) is 23.2. The molecule has 1 aromatic rings. The molecular formula is C12H17N3O3S. The van der Waals surface area contributed by atoms with E-state index >= 15 is 0 Å². The van der Waals surface area contributed by atoms with Gasteiger partial charge in [0.15, 0.2) is 0 Å². The number of benzene rings is 1. The molecule has 104 valence electrons. The maximum atomic E-state index is 12.2. The topological polar surface area (TPSA) is 101 Å². The Labute approximate surface area is 114 Å². The predicted molar refractivity (Wildman–Crippen MR) is 74.1 cm³/mol. The summed E-state index contributed by atoms with van der Waals surface area (Å²) in [6.45, 7) is 3.30. The van der Waals surface area contributed by atoms with Gasteiger partial charge in [-0.2, -0.15) is 0 Å². The Morgan fingerprint density at radius 2 is 2.00 bits per heavy atom. The van der Waals surface area contributed by atoms with Gasteiger partial charge in [0.25, 0.3) is 0 Å². The molecule has 19 heavy (non-hydrogen) atoms. The Hall–Kier alpha value is -1.89. The number of anilines is 1. The van der Waals surface area contributed by atoms with E-state index in [2.05, 4.69) is 10.6 Å². The molecule has 0 radical (unpaired) electrons. The van der Waals surface area contributed by atoms with Crippen LogP contribution in [0.4, 0.5) is 10.5 Å². The average molecular weight is 283 g/mol. The van der Waals surface area contributed by atoms with Crippen LogP contribution in [0.1, 0.15) is 12.5 Å². The standard InChI is InChI=1S/C12H17N3O3S/c1-7-6-9(4-5-10(7)13)19(18)8(2)11(16)15-12(17)14-3/h4-6,8H,13H2,1-3H3,(H2,14,15,16,17). The number of aryl methyl sites for hydroxylation is 1. The summed E-state index contributed by atoms with van der Waals surface area (Å²) in [5, 5.41) is 3.53. The van der Waals surface area contributed by atoms with Crippen LogP contribution in [0.15, 0.2) is 23.1 Å². The molecule has 6 nitrogen and oxygen atoms in total. The molecule has 0 aromatic heterocycles. The molecule has 1 rings (SSSR count). The SMILES string of the molecule is CNC(=O)NC(=O)C(C)S(=O)c1ccc(N)c(C)c1. The molecule has 1 aromatic carbocycles. The molecule has 0 heterocycles. The number of amides is 3. The van der Waals surface area contributed by atoms with E-state index in [4.69, 9.17) is 5.73 Å². The van der Waals surface area contributed by atoms with Gasteiger partial charge < -0.3 is 11.1 Å². The minimum atomic E-state index is -1.54. The number of nitrogen functional groups attached to an aromatic ring is 1. The molecule has 0 saturated carbocycles. The van der Waals surface area contributed by atoms with Gasteiger partial charge >= 0.3 is 6.03 Å². The number of carbonyl (C=O) groups is 2. The van der Waals surface area contributed by atoms with E-state index < -0.39 is 28.0 Å². The normalized spacial score (nSPS) is 13.4. The third kappa shape index (κ3) is 3.78. The van der Waals surface area contributed by atoms with Crippen molar-refractivity contribution in [2.24, 2.45) is 0 Å². The summed E-state index contributed by atoms with van der Waals surface area (Å²) in [6.07, 6.45) is 0. The predicted octanol–water partition coefficient (Wildman–Crippen LogP) is 0.529. The zero-order chi connectivity index (χ0) is 14.6. The summed E-state index contributed by atoms with van der Waals surface area (Å²) in [7, 11) is -0.146. The first-order chi connectivity index (χ1) is 8.86. The van der Waals surface area contributed by atoms with Gasteiger partial charge in [-0.25, -0.2) is 4.79 Å². The summed E-state index contributed by atoms with van der Waals surface area (Å²) in [5.74, 6) is -0.591. The number of hydrogen-bond donors (Lipinski definition) is 3. The molecule has 2 atom stereocenters. The Kier molecular flexibility index (Phi) is 5.05. The van der Waals surface area contributed by atoms with Gasteiger partial charge in [0.05, 0.1) is 10.8 Å². The molecule has 0 aliphatic rings. The van der Waals surface area contributed by atoms with Crippen LogP contribution in [0.25, 0.3) is 0 Å². The number of nitrogens with two attached hydrogens (primary N) is 1. The van der Waals surface area contributed by atoms with E-state index in [1.54, 1.807) is 25.1 Å². The molecule has 0 aliphatic carbocycles. The van der Waals surface area contributed by atoms with Crippen LogP contribution >= 0.6 is 0 Å². The van der Waals surface area contributed by atoms with Crippen LogP contribution < -0.4 is 16.4 Å². The highest BCUT2D eigenvalue weighted by Crippen LogP contribution is 2.18. The Bertz CT molecular complexity index is 531. The summed E-state index contributed by atoms with van der Waals surface area (Å²) < 4.78 is 12.2. The lowest BCUT2D eigenvalue weighted by atomic mass is 10.2. The molecule has 0 fully saturated rings. The van der Waals surface area contributed by atoms with Crippen molar-refractivity contribution in [2.45, 2.75) is 24.0 Å². The van der Waals surface area contributed by atoms with Crippen molar-refractivity contribution >= 4 is 28.4 Å². The zero-order valence-electron chi connectivity index (χ0n) is 11.0. The fourth-order valence-corrected chi connectivity index (χ4v) is 2.51. The molecule has 4 N–H and O–H groups in total. The largest absolute Gasteiger partial charge is 0.399 e. The fourth-order valence-electron chi connectivity index (χ4n) is 1.35. The van der Waals surface area contributed by atoms with Crippen LogP contribution in [-0.2, 0) is 15.6 Å². The summed E-state index contributed by atoms with van der Waals surface area (Å²) >= 11 is 0. The molecule has 2 unspecified atom stereocenters. The number of nitrogens with one attached hydrogen (secondary N) is 2. The van der Waals surface area contributed by atoms with Crippen LogP contribution in [0.3, 0.4) is 0 Å².